The summed E-state index contributed by atoms with van der Waals surface area (Å²) >= 11 is 0. The van der Waals surface area contributed by atoms with E-state index < -0.39 is 0 Å². The van der Waals surface area contributed by atoms with Gasteiger partial charge in [0.15, 0.2) is 0 Å². The molecule has 1 aliphatic carbocycles. The van der Waals surface area contributed by atoms with Gasteiger partial charge in [-0.3, -0.25) is 4.79 Å². The van der Waals surface area contributed by atoms with E-state index in [-0.39, 0.29) is 5.91 Å². The van der Waals surface area contributed by atoms with Crippen molar-refractivity contribution < 1.29 is 4.79 Å². The van der Waals surface area contributed by atoms with Crippen LogP contribution in [0.15, 0.2) is 24.3 Å². The van der Waals surface area contributed by atoms with Crippen LogP contribution in [0.25, 0.3) is 0 Å². The smallest absolute Gasteiger partial charge is 0.225 e. The van der Waals surface area contributed by atoms with Crippen molar-refractivity contribution in [3.05, 3.63) is 29.8 Å². The topological polar surface area (TPSA) is 58.4 Å². The molecule has 1 amide bonds. The van der Waals surface area contributed by atoms with Gasteiger partial charge in [0, 0.05) is 31.7 Å². The van der Waals surface area contributed by atoms with Crippen LogP contribution in [0.5, 0.6) is 0 Å². The van der Waals surface area contributed by atoms with Crippen molar-refractivity contribution in [1.29, 1.82) is 0 Å². The summed E-state index contributed by atoms with van der Waals surface area (Å²) in [6.07, 6.45) is 5.99. The van der Waals surface area contributed by atoms with E-state index in [1.54, 1.807) is 0 Å². The second-order valence-corrected chi connectivity index (χ2v) is 6.11. The summed E-state index contributed by atoms with van der Waals surface area (Å²) in [7, 11) is 2.11. The average molecular weight is 289 g/mol. The molecule has 116 valence electrons. The van der Waals surface area contributed by atoms with Crippen LogP contribution < -0.4 is 11.1 Å². The average Bonchev–Trinajstić information content (AvgIpc) is 2.99. The van der Waals surface area contributed by atoms with Gasteiger partial charge in [-0.2, -0.15) is 0 Å². The van der Waals surface area contributed by atoms with Crippen LogP contribution in [0.4, 0.5) is 5.69 Å². The molecule has 2 rings (SSSR count). The predicted octanol–water partition coefficient (Wildman–Crippen LogP) is 2.60. The lowest BCUT2D eigenvalue weighted by Crippen LogP contribution is -2.28. The molecule has 0 spiro atoms. The molecule has 1 aliphatic rings. The van der Waals surface area contributed by atoms with Crippen molar-refractivity contribution in [3.63, 3.8) is 0 Å². The van der Waals surface area contributed by atoms with E-state index in [0.29, 0.717) is 13.0 Å². The minimum absolute atomic E-state index is 0.0776. The first-order valence-corrected chi connectivity index (χ1v) is 7.95. The Hall–Kier alpha value is -1.39. The number of nitrogens with zero attached hydrogens (tertiary/aromatic N) is 1. The number of carbonyl (C=O) groups excluding carboxylic acids is 1. The Morgan fingerprint density at radius 1 is 1.29 bits per heavy atom. The molecular weight excluding hydrogens is 262 g/mol. The molecule has 4 nitrogen and oxygen atoms in total. The Bertz CT molecular complexity index is 438. The number of rotatable bonds is 7. The molecule has 1 saturated carbocycles. The molecule has 1 aromatic carbocycles. The van der Waals surface area contributed by atoms with E-state index in [0.717, 1.165) is 30.3 Å². The standard InChI is InChI=1S/C17H27N3O/c1-20(13-15-4-2-3-5-15)11-10-17(21)19-16-8-6-14(12-18)7-9-16/h6-9,15H,2-5,10-13,18H2,1H3,(H,19,21). The number of nitrogens with two attached hydrogens (primary N) is 1. The molecule has 0 heterocycles. The summed E-state index contributed by atoms with van der Waals surface area (Å²) in [6.45, 7) is 2.47. The maximum Gasteiger partial charge on any atom is 0.225 e. The number of hydrogen-bond donors (Lipinski definition) is 2. The summed E-state index contributed by atoms with van der Waals surface area (Å²) in [5.41, 5.74) is 7.47. The van der Waals surface area contributed by atoms with E-state index in [4.69, 9.17) is 5.73 Å². The van der Waals surface area contributed by atoms with Crippen molar-refractivity contribution in [1.82, 2.24) is 4.90 Å². The highest BCUT2D eigenvalue weighted by Gasteiger charge is 2.17. The predicted molar refractivity (Wildman–Crippen MR) is 87.0 cm³/mol. The van der Waals surface area contributed by atoms with Crippen molar-refractivity contribution in [2.24, 2.45) is 11.7 Å². The first kappa shape index (κ1) is 16.0. The van der Waals surface area contributed by atoms with Crippen LogP contribution >= 0.6 is 0 Å². The summed E-state index contributed by atoms with van der Waals surface area (Å²) in [5.74, 6) is 0.913. The van der Waals surface area contributed by atoms with Crippen molar-refractivity contribution >= 4 is 11.6 Å². The van der Waals surface area contributed by atoms with Gasteiger partial charge in [-0.05, 0) is 43.5 Å². The van der Waals surface area contributed by atoms with Crippen LogP contribution in [0.2, 0.25) is 0 Å². The highest BCUT2D eigenvalue weighted by molar-refractivity contribution is 5.90. The maximum absolute atomic E-state index is 11.9. The third kappa shape index (κ3) is 5.48. The second-order valence-electron chi connectivity index (χ2n) is 6.11. The van der Waals surface area contributed by atoms with E-state index in [2.05, 4.69) is 17.3 Å². The van der Waals surface area contributed by atoms with Gasteiger partial charge >= 0.3 is 0 Å². The first-order valence-electron chi connectivity index (χ1n) is 7.95. The quantitative estimate of drug-likeness (QED) is 0.811. The van der Waals surface area contributed by atoms with E-state index in [1.165, 1.54) is 25.7 Å². The summed E-state index contributed by atoms with van der Waals surface area (Å²) in [5, 5.41) is 2.94. The molecule has 4 heteroatoms. The zero-order valence-electron chi connectivity index (χ0n) is 13.0. The number of benzene rings is 1. The van der Waals surface area contributed by atoms with Crippen LogP contribution in [-0.2, 0) is 11.3 Å². The molecule has 0 aromatic heterocycles. The third-order valence-corrected chi connectivity index (χ3v) is 4.24. The molecule has 0 saturated heterocycles. The lowest BCUT2D eigenvalue weighted by Gasteiger charge is -2.20. The number of amides is 1. The molecule has 1 fully saturated rings. The lowest BCUT2D eigenvalue weighted by atomic mass is 10.1. The highest BCUT2D eigenvalue weighted by Crippen LogP contribution is 2.25. The Kier molecular flexibility index (Phi) is 6.21. The fraction of sp³-hybridized carbons (Fsp3) is 0.588. The van der Waals surface area contributed by atoms with Crippen molar-refractivity contribution in [2.45, 2.75) is 38.6 Å². The van der Waals surface area contributed by atoms with Crippen LogP contribution in [0.3, 0.4) is 0 Å². The van der Waals surface area contributed by atoms with Gasteiger partial charge in [-0.25, -0.2) is 0 Å². The Morgan fingerprint density at radius 2 is 1.95 bits per heavy atom. The van der Waals surface area contributed by atoms with Crippen LogP contribution in [-0.4, -0.2) is 30.9 Å². The maximum atomic E-state index is 11.9. The summed E-state index contributed by atoms with van der Waals surface area (Å²) in [4.78, 5) is 14.2. The largest absolute Gasteiger partial charge is 0.326 e. The molecule has 0 radical (unpaired) electrons. The molecule has 21 heavy (non-hydrogen) atoms. The van der Waals surface area contributed by atoms with Gasteiger partial charge in [0.1, 0.15) is 0 Å². The fourth-order valence-corrected chi connectivity index (χ4v) is 2.97. The van der Waals surface area contributed by atoms with Crippen molar-refractivity contribution in [3.8, 4) is 0 Å². The Balaban J connectivity index is 1.68. The normalized spacial score (nSPS) is 15.6. The molecule has 3 N–H and O–H groups in total. The molecule has 0 bridgehead atoms. The number of anilines is 1. The first-order chi connectivity index (χ1) is 10.2. The zero-order chi connectivity index (χ0) is 15.1. The Morgan fingerprint density at radius 3 is 2.57 bits per heavy atom. The number of hydrogen-bond acceptors (Lipinski definition) is 3. The van der Waals surface area contributed by atoms with Crippen molar-refractivity contribution in [2.75, 3.05) is 25.5 Å². The minimum Gasteiger partial charge on any atom is -0.326 e. The van der Waals surface area contributed by atoms with E-state index in [9.17, 15) is 4.79 Å². The lowest BCUT2D eigenvalue weighted by molar-refractivity contribution is -0.116. The van der Waals surface area contributed by atoms with Gasteiger partial charge in [0.25, 0.3) is 0 Å². The van der Waals surface area contributed by atoms with Gasteiger partial charge in [0.05, 0.1) is 0 Å². The monoisotopic (exact) mass is 289 g/mol. The molecular formula is C17H27N3O. The van der Waals surface area contributed by atoms with Gasteiger partial charge in [0.2, 0.25) is 5.91 Å². The molecule has 0 aliphatic heterocycles. The van der Waals surface area contributed by atoms with Crippen LogP contribution in [0, 0.1) is 5.92 Å². The summed E-state index contributed by atoms with van der Waals surface area (Å²) in [6, 6.07) is 7.70. The molecule has 0 atom stereocenters. The summed E-state index contributed by atoms with van der Waals surface area (Å²) < 4.78 is 0. The minimum atomic E-state index is 0.0776. The van der Waals surface area contributed by atoms with Gasteiger partial charge in [-0.1, -0.05) is 25.0 Å². The zero-order valence-corrected chi connectivity index (χ0v) is 13.0. The highest BCUT2D eigenvalue weighted by atomic mass is 16.1. The van der Waals surface area contributed by atoms with Crippen LogP contribution in [0.1, 0.15) is 37.7 Å². The van der Waals surface area contributed by atoms with E-state index in [1.807, 2.05) is 24.3 Å². The van der Waals surface area contributed by atoms with E-state index >= 15 is 0 Å². The molecule has 1 aromatic rings. The fourth-order valence-electron chi connectivity index (χ4n) is 2.97. The number of nitrogens with one attached hydrogen (secondary N) is 1. The third-order valence-electron chi connectivity index (χ3n) is 4.24. The second kappa shape index (κ2) is 8.15. The van der Waals surface area contributed by atoms with Gasteiger partial charge in [-0.15, -0.1) is 0 Å². The SMILES string of the molecule is CN(CCC(=O)Nc1ccc(CN)cc1)CC1CCCC1. The Labute approximate surface area is 127 Å². The number of carbonyl (C=O) groups is 1. The molecule has 0 unspecified atom stereocenters. The van der Waals surface area contributed by atoms with Gasteiger partial charge < -0.3 is 16.0 Å².